The fourth-order valence-corrected chi connectivity index (χ4v) is 3.16. The van der Waals surface area contributed by atoms with E-state index >= 15 is 0 Å². The highest BCUT2D eigenvalue weighted by Gasteiger charge is 2.30. The summed E-state index contributed by atoms with van der Waals surface area (Å²) in [5.41, 5.74) is 2.84. The first kappa shape index (κ1) is 17.1. The van der Waals surface area contributed by atoms with Gasteiger partial charge in [0.15, 0.2) is 0 Å². The zero-order valence-electron chi connectivity index (χ0n) is 12.5. The first-order chi connectivity index (χ1) is 9.31. The van der Waals surface area contributed by atoms with Crippen LogP contribution < -0.4 is 10.1 Å². The van der Waals surface area contributed by atoms with E-state index in [-0.39, 0.29) is 12.4 Å². The molecule has 0 saturated heterocycles. The molecule has 2 nitrogen and oxygen atoms in total. The summed E-state index contributed by atoms with van der Waals surface area (Å²) in [6.45, 7) is 7.23. The molecule has 0 saturated carbocycles. The van der Waals surface area contributed by atoms with Gasteiger partial charge in [0.25, 0.3) is 0 Å². The maximum atomic E-state index is 5.58. The van der Waals surface area contributed by atoms with Gasteiger partial charge in [-0.05, 0) is 43.9 Å². The van der Waals surface area contributed by atoms with Gasteiger partial charge in [0.1, 0.15) is 5.75 Å². The predicted octanol–water partition coefficient (Wildman–Crippen LogP) is 4.09. The van der Waals surface area contributed by atoms with E-state index in [9.17, 15) is 0 Å². The summed E-state index contributed by atoms with van der Waals surface area (Å²) >= 11 is 0. The SMILES string of the molecule is C=CC[C@@H]1c2c(cccc2OC)CC[C@H]1NCCC.Cl. The van der Waals surface area contributed by atoms with Gasteiger partial charge in [0, 0.05) is 17.5 Å². The second-order valence-corrected chi connectivity index (χ2v) is 5.26. The summed E-state index contributed by atoms with van der Waals surface area (Å²) in [6.07, 6.45) is 6.57. The number of aryl methyl sites for hydroxylation is 1. The molecule has 1 aliphatic carbocycles. The van der Waals surface area contributed by atoms with Crippen LogP contribution in [-0.2, 0) is 6.42 Å². The number of ether oxygens (including phenoxy) is 1. The number of halogens is 1. The van der Waals surface area contributed by atoms with Crippen LogP contribution in [0.1, 0.15) is 43.2 Å². The molecule has 20 heavy (non-hydrogen) atoms. The van der Waals surface area contributed by atoms with Crippen molar-refractivity contribution in [3.05, 3.63) is 42.0 Å². The molecule has 0 radical (unpaired) electrons. The second-order valence-electron chi connectivity index (χ2n) is 5.26. The van der Waals surface area contributed by atoms with Gasteiger partial charge in [-0.1, -0.05) is 25.1 Å². The Bertz CT molecular complexity index is 419. The monoisotopic (exact) mass is 295 g/mol. The molecule has 0 amide bonds. The van der Waals surface area contributed by atoms with E-state index in [2.05, 4.69) is 37.0 Å². The quantitative estimate of drug-likeness (QED) is 0.798. The lowest BCUT2D eigenvalue weighted by molar-refractivity contribution is 0.359. The van der Waals surface area contributed by atoms with Gasteiger partial charge in [0.05, 0.1) is 7.11 Å². The Labute approximate surface area is 129 Å². The first-order valence-electron chi connectivity index (χ1n) is 7.31. The number of benzene rings is 1. The topological polar surface area (TPSA) is 21.3 Å². The third kappa shape index (κ3) is 3.56. The Balaban J connectivity index is 0.00000200. The molecule has 3 heteroatoms. The third-order valence-electron chi connectivity index (χ3n) is 4.03. The molecular formula is C17H26ClNO. The van der Waals surface area contributed by atoms with Crippen molar-refractivity contribution in [2.24, 2.45) is 0 Å². The van der Waals surface area contributed by atoms with E-state index in [1.54, 1.807) is 7.11 Å². The Kier molecular flexibility index (Phi) is 7.11. The van der Waals surface area contributed by atoms with E-state index < -0.39 is 0 Å². The zero-order chi connectivity index (χ0) is 13.7. The molecule has 0 aromatic heterocycles. The smallest absolute Gasteiger partial charge is 0.122 e. The van der Waals surface area contributed by atoms with Crippen LogP contribution in [0.5, 0.6) is 5.75 Å². The van der Waals surface area contributed by atoms with Crippen molar-refractivity contribution in [2.75, 3.05) is 13.7 Å². The van der Waals surface area contributed by atoms with Gasteiger partial charge in [-0.15, -0.1) is 19.0 Å². The van der Waals surface area contributed by atoms with Gasteiger partial charge in [0.2, 0.25) is 0 Å². The van der Waals surface area contributed by atoms with E-state index in [1.807, 2.05) is 6.08 Å². The lowest BCUT2D eigenvalue weighted by Crippen LogP contribution is -2.38. The Morgan fingerprint density at radius 2 is 2.25 bits per heavy atom. The lowest BCUT2D eigenvalue weighted by Gasteiger charge is -2.35. The molecule has 0 spiro atoms. The summed E-state index contributed by atoms with van der Waals surface area (Å²) < 4.78 is 5.58. The summed E-state index contributed by atoms with van der Waals surface area (Å²) in [7, 11) is 1.77. The van der Waals surface area contributed by atoms with Gasteiger partial charge in [-0.2, -0.15) is 0 Å². The molecule has 1 aromatic carbocycles. The van der Waals surface area contributed by atoms with Gasteiger partial charge in [-0.3, -0.25) is 0 Å². The summed E-state index contributed by atoms with van der Waals surface area (Å²) in [4.78, 5) is 0. The molecule has 0 fully saturated rings. The van der Waals surface area contributed by atoms with Crippen molar-refractivity contribution in [3.63, 3.8) is 0 Å². The minimum atomic E-state index is 0. The molecule has 0 unspecified atom stereocenters. The molecule has 112 valence electrons. The highest BCUT2D eigenvalue weighted by Crippen LogP contribution is 2.40. The van der Waals surface area contributed by atoms with Crippen LogP contribution in [0.25, 0.3) is 0 Å². The fraction of sp³-hybridized carbons (Fsp3) is 0.529. The Morgan fingerprint density at radius 1 is 1.45 bits per heavy atom. The molecule has 0 bridgehead atoms. The van der Waals surface area contributed by atoms with Crippen molar-refractivity contribution in [3.8, 4) is 5.75 Å². The number of methoxy groups -OCH3 is 1. The van der Waals surface area contributed by atoms with Crippen LogP contribution in [0, 0.1) is 0 Å². The van der Waals surface area contributed by atoms with Crippen molar-refractivity contribution in [1.82, 2.24) is 5.32 Å². The number of rotatable bonds is 6. The Hall–Kier alpha value is -0.990. The average molecular weight is 296 g/mol. The van der Waals surface area contributed by atoms with Crippen molar-refractivity contribution in [1.29, 1.82) is 0 Å². The van der Waals surface area contributed by atoms with Crippen LogP contribution in [0.4, 0.5) is 0 Å². The number of hydrogen-bond donors (Lipinski definition) is 1. The standard InChI is InChI=1S/C17H25NO.ClH/c1-4-7-14-15(18-12-5-2)11-10-13-8-6-9-16(19-3)17(13)14;/h4,6,8-9,14-15,18H,1,5,7,10-12H2,2-3H3;1H/t14-,15+;/m0./s1. The molecule has 0 heterocycles. The highest BCUT2D eigenvalue weighted by atomic mass is 35.5. The maximum Gasteiger partial charge on any atom is 0.122 e. The average Bonchev–Trinajstić information content (AvgIpc) is 2.45. The molecule has 2 atom stereocenters. The van der Waals surface area contributed by atoms with E-state index in [0.717, 1.165) is 25.1 Å². The normalized spacial score (nSPS) is 20.7. The minimum Gasteiger partial charge on any atom is -0.496 e. The van der Waals surface area contributed by atoms with Crippen LogP contribution in [-0.4, -0.2) is 19.7 Å². The van der Waals surface area contributed by atoms with Gasteiger partial charge in [-0.25, -0.2) is 0 Å². The minimum absolute atomic E-state index is 0. The summed E-state index contributed by atoms with van der Waals surface area (Å²) in [6, 6.07) is 6.96. The van der Waals surface area contributed by atoms with Gasteiger partial charge >= 0.3 is 0 Å². The molecule has 1 aliphatic rings. The van der Waals surface area contributed by atoms with Crippen LogP contribution >= 0.6 is 12.4 Å². The van der Waals surface area contributed by atoms with Crippen LogP contribution in [0.2, 0.25) is 0 Å². The Morgan fingerprint density at radius 3 is 2.90 bits per heavy atom. The zero-order valence-corrected chi connectivity index (χ0v) is 13.3. The fourth-order valence-electron chi connectivity index (χ4n) is 3.16. The van der Waals surface area contributed by atoms with Crippen LogP contribution in [0.15, 0.2) is 30.9 Å². The van der Waals surface area contributed by atoms with Crippen molar-refractivity contribution >= 4 is 12.4 Å². The number of hydrogen-bond acceptors (Lipinski definition) is 2. The van der Waals surface area contributed by atoms with E-state index in [0.29, 0.717) is 12.0 Å². The van der Waals surface area contributed by atoms with E-state index in [4.69, 9.17) is 4.74 Å². The maximum absolute atomic E-state index is 5.58. The highest BCUT2D eigenvalue weighted by molar-refractivity contribution is 5.85. The van der Waals surface area contributed by atoms with Gasteiger partial charge < -0.3 is 10.1 Å². The number of fused-ring (bicyclic) bond motifs is 1. The molecular weight excluding hydrogens is 270 g/mol. The van der Waals surface area contributed by atoms with Crippen molar-refractivity contribution in [2.45, 2.75) is 44.6 Å². The lowest BCUT2D eigenvalue weighted by atomic mass is 9.77. The molecule has 1 N–H and O–H groups in total. The number of nitrogens with one attached hydrogen (secondary N) is 1. The van der Waals surface area contributed by atoms with Crippen molar-refractivity contribution < 1.29 is 4.74 Å². The first-order valence-corrected chi connectivity index (χ1v) is 7.31. The second kappa shape index (κ2) is 8.33. The largest absolute Gasteiger partial charge is 0.496 e. The van der Waals surface area contributed by atoms with E-state index in [1.165, 1.54) is 24.0 Å². The third-order valence-corrected chi connectivity index (χ3v) is 4.03. The molecule has 2 rings (SSSR count). The molecule has 1 aromatic rings. The van der Waals surface area contributed by atoms with Crippen LogP contribution in [0.3, 0.4) is 0 Å². The number of allylic oxidation sites excluding steroid dienone is 1. The summed E-state index contributed by atoms with van der Waals surface area (Å²) in [5.74, 6) is 1.52. The summed E-state index contributed by atoms with van der Waals surface area (Å²) in [5, 5.41) is 3.70. The predicted molar refractivity (Wildman–Crippen MR) is 88.2 cm³/mol. The molecule has 0 aliphatic heterocycles.